The van der Waals surface area contributed by atoms with E-state index in [2.05, 4.69) is 4.98 Å². The number of nitrogens with two attached hydrogens (primary N) is 1. The maximum atomic E-state index is 6.13. The van der Waals surface area contributed by atoms with Gasteiger partial charge in [0.2, 0.25) is 0 Å². The quantitative estimate of drug-likeness (QED) is 0.895. The predicted octanol–water partition coefficient (Wildman–Crippen LogP) is 4.66. The van der Waals surface area contributed by atoms with Crippen LogP contribution in [0.4, 0.5) is 0 Å². The largest absolute Gasteiger partial charge is 0.324 e. The van der Waals surface area contributed by atoms with E-state index in [9.17, 15) is 0 Å². The molecule has 0 saturated carbocycles. The third kappa shape index (κ3) is 4.50. The van der Waals surface area contributed by atoms with Crippen LogP contribution >= 0.6 is 23.2 Å². The lowest BCUT2D eigenvalue weighted by molar-refractivity contribution is 0.721. The third-order valence-electron chi connectivity index (χ3n) is 2.59. The van der Waals surface area contributed by atoms with E-state index in [1.54, 1.807) is 18.5 Å². The molecule has 1 aromatic heterocycles. The summed E-state index contributed by atoms with van der Waals surface area (Å²) in [5.41, 5.74) is 8.13. The maximum Gasteiger partial charge on any atom is 0.0640 e. The van der Waals surface area contributed by atoms with Gasteiger partial charge in [-0.1, -0.05) is 49.2 Å². The molecule has 0 fully saturated rings. The molecule has 0 amide bonds. The first-order chi connectivity index (χ1) is 9.18. The Morgan fingerprint density at radius 1 is 1.11 bits per heavy atom. The van der Waals surface area contributed by atoms with Gasteiger partial charge in [0, 0.05) is 18.4 Å². The van der Waals surface area contributed by atoms with E-state index in [0.717, 1.165) is 11.1 Å². The molecule has 2 rings (SSSR count). The lowest BCUT2D eigenvalue weighted by atomic mass is 10.0. The minimum Gasteiger partial charge on any atom is -0.324 e. The van der Waals surface area contributed by atoms with E-state index >= 15 is 0 Å². The topological polar surface area (TPSA) is 38.9 Å². The van der Waals surface area contributed by atoms with Crippen LogP contribution in [-0.2, 0) is 6.42 Å². The van der Waals surface area contributed by atoms with Gasteiger partial charge in [-0.2, -0.15) is 0 Å². The molecule has 0 radical (unpaired) electrons. The van der Waals surface area contributed by atoms with Crippen LogP contribution in [0.15, 0.2) is 42.7 Å². The van der Waals surface area contributed by atoms with Gasteiger partial charge < -0.3 is 5.73 Å². The molecule has 1 unspecified atom stereocenters. The number of nitrogens with zero attached hydrogens (tertiary/aromatic N) is 1. The lowest BCUT2D eigenvalue weighted by Crippen LogP contribution is -2.14. The fourth-order valence-corrected chi connectivity index (χ4v) is 2.14. The van der Waals surface area contributed by atoms with Crippen molar-refractivity contribution in [2.75, 3.05) is 0 Å². The Kier molecular flexibility index (Phi) is 6.85. The van der Waals surface area contributed by atoms with Crippen LogP contribution in [0, 0.1) is 0 Å². The summed E-state index contributed by atoms with van der Waals surface area (Å²) in [6.07, 6.45) is 4.21. The highest BCUT2D eigenvalue weighted by atomic mass is 35.5. The number of hydrogen-bond acceptors (Lipinski definition) is 2. The van der Waals surface area contributed by atoms with Crippen LogP contribution in [0.1, 0.15) is 31.0 Å². The minimum atomic E-state index is -0.163. The first-order valence-corrected chi connectivity index (χ1v) is 7.02. The highest BCUT2D eigenvalue weighted by Crippen LogP contribution is 2.30. The van der Waals surface area contributed by atoms with Crippen molar-refractivity contribution in [3.8, 4) is 0 Å². The Morgan fingerprint density at radius 2 is 1.74 bits per heavy atom. The second-order valence-electron chi connectivity index (χ2n) is 3.81. The van der Waals surface area contributed by atoms with Gasteiger partial charge in [-0.25, -0.2) is 0 Å². The van der Waals surface area contributed by atoms with E-state index < -0.39 is 0 Å². The van der Waals surface area contributed by atoms with Crippen molar-refractivity contribution in [3.63, 3.8) is 0 Å². The van der Waals surface area contributed by atoms with Gasteiger partial charge in [0.25, 0.3) is 0 Å². The smallest absolute Gasteiger partial charge is 0.0640 e. The van der Waals surface area contributed by atoms with E-state index in [4.69, 9.17) is 28.9 Å². The molecule has 0 aliphatic carbocycles. The van der Waals surface area contributed by atoms with Gasteiger partial charge in [-0.05, 0) is 35.7 Å². The lowest BCUT2D eigenvalue weighted by Gasteiger charge is -2.14. The Balaban J connectivity index is 0.000000861. The molecule has 1 heterocycles. The van der Waals surface area contributed by atoms with Crippen molar-refractivity contribution < 1.29 is 0 Å². The first kappa shape index (κ1) is 16.0. The molecule has 2 aromatic rings. The van der Waals surface area contributed by atoms with Crippen LogP contribution < -0.4 is 5.73 Å². The summed E-state index contributed by atoms with van der Waals surface area (Å²) in [5, 5.41) is 1.07. The number of halogens is 2. The Bertz CT molecular complexity index is 501. The van der Waals surface area contributed by atoms with Crippen LogP contribution in [0.3, 0.4) is 0 Å². The molecule has 0 spiro atoms. The van der Waals surface area contributed by atoms with Crippen LogP contribution in [0.2, 0.25) is 10.0 Å². The minimum absolute atomic E-state index is 0.163. The second-order valence-corrected chi connectivity index (χ2v) is 4.59. The summed E-state index contributed by atoms with van der Waals surface area (Å²) in [7, 11) is 0. The van der Waals surface area contributed by atoms with Crippen molar-refractivity contribution >= 4 is 23.2 Å². The van der Waals surface area contributed by atoms with Crippen LogP contribution in [0.25, 0.3) is 0 Å². The number of rotatable bonds is 3. The Labute approximate surface area is 124 Å². The highest BCUT2D eigenvalue weighted by molar-refractivity contribution is 6.42. The van der Waals surface area contributed by atoms with Crippen molar-refractivity contribution in [2.45, 2.75) is 26.3 Å². The van der Waals surface area contributed by atoms with Crippen molar-refractivity contribution in [1.29, 1.82) is 0 Å². The monoisotopic (exact) mass is 296 g/mol. The molecule has 1 aromatic carbocycles. The molecular formula is C15H18Cl2N2. The van der Waals surface area contributed by atoms with Gasteiger partial charge in [-0.15, -0.1) is 0 Å². The van der Waals surface area contributed by atoms with Gasteiger partial charge in [0.1, 0.15) is 0 Å². The number of aromatic nitrogens is 1. The zero-order valence-corrected chi connectivity index (χ0v) is 12.6. The molecule has 2 N–H and O–H groups in total. The zero-order valence-electron chi connectivity index (χ0n) is 11.1. The van der Waals surface area contributed by atoms with Crippen molar-refractivity contribution in [1.82, 2.24) is 4.98 Å². The fraction of sp³-hybridized carbons (Fsp3) is 0.267. The number of benzene rings is 1. The van der Waals surface area contributed by atoms with Gasteiger partial charge >= 0.3 is 0 Å². The number of pyridine rings is 1. The summed E-state index contributed by atoms with van der Waals surface area (Å²) in [6, 6.07) is 9.24. The normalized spacial score (nSPS) is 11.4. The molecule has 4 heteroatoms. The summed E-state index contributed by atoms with van der Waals surface area (Å²) in [6.45, 7) is 4.00. The fourth-order valence-electron chi connectivity index (χ4n) is 1.69. The average molecular weight is 297 g/mol. The van der Waals surface area contributed by atoms with Gasteiger partial charge in [0.15, 0.2) is 0 Å². The Morgan fingerprint density at radius 3 is 2.37 bits per heavy atom. The zero-order chi connectivity index (χ0) is 14.3. The summed E-state index contributed by atoms with van der Waals surface area (Å²) in [5.74, 6) is 0. The molecule has 0 bridgehead atoms. The van der Waals surface area contributed by atoms with Crippen LogP contribution in [0.5, 0.6) is 0 Å². The maximum absolute atomic E-state index is 6.13. The molecule has 0 aliphatic heterocycles. The highest BCUT2D eigenvalue weighted by Gasteiger charge is 2.12. The van der Waals surface area contributed by atoms with Gasteiger partial charge in [-0.3, -0.25) is 4.98 Å². The average Bonchev–Trinajstić information content (AvgIpc) is 2.45. The van der Waals surface area contributed by atoms with Crippen molar-refractivity contribution in [3.05, 3.63) is 63.9 Å². The first-order valence-electron chi connectivity index (χ1n) is 6.27. The van der Waals surface area contributed by atoms with E-state index in [0.29, 0.717) is 16.5 Å². The SMILES string of the molecule is CC.NC(Cc1ccncc1)c1cccc(Cl)c1Cl. The molecule has 0 saturated heterocycles. The summed E-state index contributed by atoms with van der Waals surface area (Å²) >= 11 is 12.1. The Hall–Kier alpha value is -1.09. The van der Waals surface area contributed by atoms with Gasteiger partial charge in [0.05, 0.1) is 10.0 Å². The van der Waals surface area contributed by atoms with Crippen molar-refractivity contribution in [2.24, 2.45) is 5.73 Å². The molecule has 2 nitrogen and oxygen atoms in total. The second kappa shape index (κ2) is 8.16. The van der Waals surface area contributed by atoms with E-state index in [-0.39, 0.29) is 6.04 Å². The molecule has 1 atom stereocenters. The third-order valence-corrected chi connectivity index (χ3v) is 3.42. The van der Waals surface area contributed by atoms with E-state index in [1.807, 2.05) is 38.1 Å². The molecular weight excluding hydrogens is 279 g/mol. The summed E-state index contributed by atoms with van der Waals surface area (Å²) < 4.78 is 0. The molecule has 0 aliphatic rings. The molecule has 102 valence electrons. The van der Waals surface area contributed by atoms with Crippen LogP contribution in [-0.4, -0.2) is 4.98 Å². The standard InChI is InChI=1S/C13H12Cl2N2.C2H6/c14-11-3-1-2-10(13(11)15)12(16)8-9-4-6-17-7-5-9;1-2/h1-7,12H,8,16H2;1-2H3. The predicted molar refractivity (Wildman–Crippen MR) is 82.7 cm³/mol. The van der Waals surface area contributed by atoms with E-state index in [1.165, 1.54) is 0 Å². The molecule has 19 heavy (non-hydrogen) atoms. The summed E-state index contributed by atoms with van der Waals surface area (Å²) in [4.78, 5) is 3.97. The number of hydrogen-bond donors (Lipinski definition) is 1.